The lowest BCUT2D eigenvalue weighted by molar-refractivity contribution is 1.56. The van der Waals surface area contributed by atoms with Crippen molar-refractivity contribution in [2.24, 2.45) is 0 Å². The second-order valence-corrected chi connectivity index (χ2v) is 4.68. The van der Waals surface area contributed by atoms with Crippen LogP contribution in [0.1, 0.15) is 9.60 Å². The molecule has 3 aromatic rings. The molecule has 3 aromatic carbocycles. The van der Waals surface area contributed by atoms with E-state index in [1.54, 1.807) is 0 Å². The van der Waals surface area contributed by atoms with Gasteiger partial charge in [-0.1, -0.05) is 76.5 Å². The second kappa shape index (κ2) is 5.41. The van der Waals surface area contributed by atoms with Crippen molar-refractivity contribution >= 4 is 15.9 Å². The summed E-state index contributed by atoms with van der Waals surface area (Å²) in [7, 11) is 0. The lowest BCUT2D eigenvalue weighted by Crippen LogP contribution is -1.82. The third-order valence-corrected chi connectivity index (χ3v) is 2.98. The Bertz CT molecular complexity index is 912. The predicted molar refractivity (Wildman–Crippen MR) is 85.0 cm³/mol. The Morgan fingerprint density at radius 1 is 0.632 bits per heavy atom. The van der Waals surface area contributed by atoms with Crippen LogP contribution in [0.5, 0.6) is 0 Å². The van der Waals surface area contributed by atoms with Crippen molar-refractivity contribution in [3.63, 3.8) is 0 Å². The van der Waals surface area contributed by atoms with Crippen LogP contribution in [0.25, 0.3) is 22.3 Å². The molecule has 19 heavy (non-hydrogen) atoms. The van der Waals surface area contributed by atoms with Crippen molar-refractivity contribution in [2.75, 3.05) is 0 Å². The molecule has 0 nitrogen and oxygen atoms in total. The van der Waals surface area contributed by atoms with Gasteiger partial charge in [0.25, 0.3) is 0 Å². The van der Waals surface area contributed by atoms with E-state index in [1.165, 1.54) is 36.4 Å². The van der Waals surface area contributed by atoms with Crippen molar-refractivity contribution < 1.29 is 9.60 Å². The van der Waals surface area contributed by atoms with E-state index < -0.39 is 0 Å². The molecule has 0 saturated carbocycles. The van der Waals surface area contributed by atoms with Gasteiger partial charge in [-0.2, -0.15) is 0 Å². The fourth-order valence-corrected chi connectivity index (χ4v) is 2.12. The van der Waals surface area contributed by atoms with Gasteiger partial charge in [0, 0.05) is 4.47 Å². The van der Waals surface area contributed by atoms with Crippen LogP contribution < -0.4 is 0 Å². The van der Waals surface area contributed by atoms with Gasteiger partial charge in [0.2, 0.25) is 0 Å². The van der Waals surface area contributed by atoms with E-state index in [2.05, 4.69) is 15.9 Å². The van der Waals surface area contributed by atoms with Gasteiger partial charge in [0.1, 0.15) is 0 Å². The number of rotatable bonds is 2. The summed E-state index contributed by atoms with van der Waals surface area (Å²) in [6, 6.07) is 8.77. The number of benzene rings is 3. The lowest BCUT2D eigenvalue weighted by Gasteiger charge is -2.07. The number of hydrogen-bond acceptors (Lipinski definition) is 0. The molecule has 0 spiro atoms. The molecule has 0 radical (unpaired) electrons. The van der Waals surface area contributed by atoms with Crippen molar-refractivity contribution in [2.45, 2.75) is 0 Å². The largest absolute Gasteiger partial charge is 0.0641 e. The summed E-state index contributed by atoms with van der Waals surface area (Å²) < 4.78 is 56.6. The minimum Gasteiger partial charge on any atom is -0.0622 e. The van der Waals surface area contributed by atoms with Crippen LogP contribution in [-0.4, -0.2) is 0 Å². The first-order chi connectivity index (χ1) is 12.2. The smallest absolute Gasteiger partial charge is 0.0622 e. The molecule has 3 rings (SSSR count). The minimum absolute atomic E-state index is 0.0677. The van der Waals surface area contributed by atoms with Gasteiger partial charge in [-0.25, -0.2) is 0 Å². The maximum absolute atomic E-state index is 8.58. The highest BCUT2D eigenvalue weighted by Gasteiger charge is 2.03. The van der Waals surface area contributed by atoms with Crippen LogP contribution in [0.15, 0.2) is 83.2 Å². The van der Waals surface area contributed by atoms with Gasteiger partial charge in [-0.05, 0) is 40.4 Å². The highest BCUT2D eigenvalue weighted by Crippen LogP contribution is 2.30. The third kappa shape index (κ3) is 2.77. The van der Waals surface area contributed by atoms with E-state index in [0.717, 1.165) is 0 Å². The maximum Gasteiger partial charge on any atom is 0.0641 e. The van der Waals surface area contributed by atoms with Crippen LogP contribution >= 0.6 is 15.9 Å². The van der Waals surface area contributed by atoms with Gasteiger partial charge in [-0.3, -0.25) is 0 Å². The average Bonchev–Trinajstić information content (AvgIpc) is 2.51. The summed E-state index contributed by atoms with van der Waals surface area (Å²) in [5.41, 5.74) is 1.17. The van der Waals surface area contributed by atoms with E-state index in [4.69, 9.17) is 9.60 Å². The van der Waals surface area contributed by atoms with Gasteiger partial charge < -0.3 is 0 Å². The zero-order valence-electron chi connectivity index (χ0n) is 16.8. The first-order valence-corrected chi connectivity index (χ1v) is 6.45. The van der Waals surface area contributed by atoms with Crippen LogP contribution in [0, 0.1) is 0 Å². The summed E-state index contributed by atoms with van der Waals surface area (Å²) in [5.74, 6) is 0. The zero-order chi connectivity index (χ0) is 19.2. The molecule has 0 aliphatic rings. The van der Waals surface area contributed by atoms with E-state index >= 15 is 0 Å². The normalized spacial score (nSPS) is 15.5. The molecule has 92 valence electrons. The van der Waals surface area contributed by atoms with E-state index in [9.17, 15) is 0 Å². The van der Waals surface area contributed by atoms with E-state index in [-0.39, 0.29) is 57.9 Å². The molecular weight excluding hydrogens is 296 g/mol. The van der Waals surface area contributed by atoms with Crippen molar-refractivity contribution in [3.05, 3.63) is 83.2 Å². The Hall–Kier alpha value is -1.86. The predicted octanol–water partition coefficient (Wildman–Crippen LogP) is 5.78. The van der Waals surface area contributed by atoms with Crippen molar-refractivity contribution in [1.82, 2.24) is 0 Å². The SMILES string of the molecule is [2H]c1cc([2H])cc(-c2c([2H])c(Br)c([2H])c(-c3cc([2H])cc([2H])c3)c2[2H])c1. The van der Waals surface area contributed by atoms with E-state index in [1.807, 2.05) is 0 Å². The second-order valence-electron chi connectivity index (χ2n) is 3.88. The van der Waals surface area contributed by atoms with Crippen LogP contribution in [0.2, 0.25) is 0 Å². The highest BCUT2D eigenvalue weighted by molar-refractivity contribution is 9.10. The van der Waals surface area contributed by atoms with Crippen LogP contribution in [0.3, 0.4) is 0 Å². The molecule has 0 fully saturated rings. The van der Waals surface area contributed by atoms with Crippen molar-refractivity contribution in [1.29, 1.82) is 0 Å². The van der Waals surface area contributed by atoms with Crippen molar-refractivity contribution in [3.8, 4) is 22.3 Å². The van der Waals surface area contributed by atoms with E-state index in [0.29, 0.717) is 11.1 Å². The zero-order valence-corrected chi connectivity index (χ0v) is 11.4. The topological polar surface area (TPSA) is 0 Å². The summed E-state index contributed by atoms with van der Waals surface area (Å²) in [6.45, 7) is 0. The van der Waals surface area contributed by atoms with Crippen LogP contribution in [0.4, 0.5) is 0 Å². The first-order valence-electron chi connectivity index (χ1n) is 9.15. The molecule has 1 heteroatoms. The first kappa shape index (κ1) is 6.53. The number of halogens is 1. The number of hydrogen-bond donors (Lipinski definition) is 0. The molecular formula is C18H13Br. The Balaban J connectivity index is 2.39. The minimum atomic E-state index is -0.0989. The maximum atomic E-state index is 8.58. The molecule has 0 unspecified atom stereocenters. The summed E-state index contributed by atoms with van der Waals surface area (Å²) in [5, 5.41) is 0. The molecule has 0 saturated heterocycles. The Kier molecular flexibility index (Phi) is 1.86. The Morgan fingerprint density at radius 2 is 1.05 bits per heavy atom. The molecule has 0 atom stereocenters. The standard InChI is InChI=1S/C18H13Br/c19-18-12-16(14-7-3-1-4-8-14)11-17(13-18)15-9-5-2-6-10-15/h1-13H/i3D,4D,5D,6D,11D,12D,13D. The lowest BCUT2D eigenvalue weighted by atomic mass is 9.99. The molecule has 0 aliphatic heterocycles. The molecule has 0 amide bonds. The fourth-order valence-electron chi connectivity index (χ4n) is 1.72. The Morgan fingerprint density at radius 3 is 1.47 bits per heavy atom. The molecule has 0 aliphatic carbocycles. The summed E-state index contributed by atoms with van der Waals surface area (Å²) in [4.78, 5) is 0. The molecule has 0 N–H and O–H groups in total. The Labute approximate surface area is 131 Å². The quantitative estimate of drug-likeness (QED) is 0.562. The molecule has 0 heterocycles. The van der Waals surface area contributed by atoms with Gasteiger partial charge in [-0.15, -0.1) is 0 Å². The highest BCUT2D eigenvalue weighted by atomic mass is 79.9. The van der Waals surface area contributed by atoms with Gasteiger partial charge >= 0.3 is 0 Å². The van der Waals surface area contributed by atoms with Crippen LogP contribution in [-0.2, 0) is 0 Å². The molecule has 0 bridgehead atoms. The summed E-state index contributed by atoms with van der Waals surface area (Å²) >= 11 is 3.24. The van der Waals surface area contributed by atoms with Gasteiger partial charge in [0.15, 0.2) is 0 Å². The average molecular weight is 316 g/mol. The molecule has 0 aromatic heterocycles. The van der Waals surface area contributed by atoms with Gasteiger partial charge in [0.05, 0.1) is 9.60 Å². The monoisotopic (exact) mass is 315 g/mol. The fraction of sp³-hybridized carbons (Fsp3) is 0. The third-order valence-electron chi connectivity index (χ3n) is 2.59. The summed E-state index contributed by atoms with van der Waals surface area (Å²) in [6.07, 6.45) is 0.